The molecule has 1 saturated heterocycles. The molecule has 0 saturated carbocycles. The summed E-state index contributed by atoms with van der Waals surface area (Å²) in [5, 5.41) is 11.3. The minimum absolute atomic E-state index is 0.240. The summed E-state index contributed by atoms with van der Waals surface area (Å²) in [6.07, 6.45) is 2.27. The largest absolute Gasteiger partial charge is 0.495 e. The summed E-state index contributed by atoms with van der Waals surface area (Å²) in [6.45, 7) is 2.19. The van der Waals surface area contributed by atoms with Crippen molar-refractivity contribution >= 4 is 46.0 Å². The fourth-order valence-corrected chi connectivity index (χ4v) is 5.37. The van der Waals surface area contributed by atoms with Gasteiger partial charge in [-0.25, -0.2) is 4.98 Å². The first-order valence-electron chi connectivity index (χ1n) is 11.9. The van der Waals surface area contributed by atoms with Gasteiger partial charge >= 0.3 is 0 Å². The average Bonchev–Trinajstić information content (AvgIpc) is 3.31. The van der Waals surface area contributed by atoms with Crippen molar-refractivity contribution < 1.29 is 14.3 Å². The molecule has 2 aromatic heterocycles. The van der Waals surface area contributed by atoms with Crippen molar-refractivity contribution in [2.75, 3.05) is 39.7 Å². The standard InChI is InChI=1S/C27H27Cl2N5O3/c1-34-12-10-16(11-13-34)15-4-6-17(7-5-15)27(35)31-26-18-8-9-19(30-25(18)32-33-26)22-23(28)20(36-2)14-21(37-3)24(22)29/h4-9,14,16H,10-13H2,1-3H3,(H2,30,31,32,33,35). The fourth-order valence-electron chi connectivity index (χ4n) is 4.68. The van der Waals surface area contributed by atoms with E-state index in [1.807, 2.05) is 12.1 Å². The molecule has 1 amide bonds. The van der Waals surface area contributed by atoms with Gasteiger partial charge in [0, 0.05) is 17.2 Å². The zero-order valence-corrected chi connectivity index (χ0v) is 22.3. The molecular weight excluding hydrogens is 513 g/mol. The van der Waals surface area contributed by atoms with Gasteiger partial charge in [-0.1, -0.05) is 35.3 Å². The predicted molar refractivity (Wildman–Crippen MR) is 146 cm³/mol. The third kappa shape index (κ3) is 4.97. The number of halogens is 2. The quantitative estimate of drug-likeness (QED) is 0.311. The highest BCUT2D eigenvalue weighted by molar-refractivity contribution is 6.41. The monoisotopic (exact) mass is 539 g/mol. The Kier molecular flexibility index (Phi) is 7.24. The number of nitrogens with zero attached hydrogens (tertiary/aromatic N) is 3. The number of aromatic amines is 1. The Balaban J connectivity index is 1.37. The number of anilines is 1. The van der Waals surface area contributed by atoms with Crippen molar-refractivity contribution in [2.45, 2.75) is 18.8 Å². The SMILES string of the molecule is COc1cc(OC)c(Cl)c(-c2ccc3c(NC(=O)c4ccc(C5CCN(C)CC5)cc4)n[nH]c3n2)c1Cl. The van der Waals surface area contributed by atoms with E-state index in [-0.39, 0.29) is 5.91 Å². The van der Waals surface area contributed by atoms with Gasteiger partial charge in [-0.3, -0.25) is 9.89 Å². The third-order valence-corrected chi connectivity index (χ3v) is 7.60. The molecule has 5 rings (SSSR count). The van der Waals surface area contributed by atoms with Crippen LogP contribution < -0.4 is 14.8 Å². The number of rotatable bonds is 6. The van der Waals surface area contributed by atoms with Crippen LogP contribution in [0, 0.1) is 0 Å². The first-order valence-corrected chi connectivity index (χ1v) is 12.7. The zero-order valence-electron chi connectivity index (χ0n) is 20.8. The molecule has 2 N–H and O–H groups in total. The van der Waals surface area contributed by atoms with E-state index < -0.39 is 0 Å². The third-order valence-electron chi connectivity index (χ3n) is 6.85. The Bertz CT molecular complexity index is 1420. The van der Waals surface area contributed by atoms with Crippen molar-refractivity contribution in [1.82, 2.24) is 20.1 Å². The van der Waals surface area contributed by atoms with E-state index in [0.29, 0.717) is 61.1 Å². The number of ether oxygens (including phenoxy) is 2. The minimum Gasteiger partial charge on any atom is -0.495 e. The molecule has 4 aromatic rings. The number of hydrogen-bond acceptors (Lipinski definition) is 6. The number of pyridine rings is 1. The van der Waals surface area contributed by atoms with Crippen molar-refractivity contribution in [3.8, 4) is 22.8 Å². The van der Waals surface area contributed by atoms with Crippen LogP contribution in [-0.4, -0.2) is 60.3 Å². The van der Waals surface area contributed by atoms with E-state index in [2.05, 4.69) is 44.6 Å². The summed E-state index contributed by atoms with van der Waals surface area (Å²) in [6, 6.07) is 13.0. The molecule has 1 aliphatic heterocycles. The summed E-state index contributed by atoms with van der Waals surface area (Å²) in [5.41, 5.74) is 3.30. The normalized spacial score (nSPS) is 14.6. The van der Waals surface area contributed by atoms with Gasteiger partial charge < -0.3 is 19.7 Å². The number of piperidine rings is 1. The van der Waals surface area contributed by atoms with Crippen LogP contribution in [0.25, 0.3) is 22.3 Å². The Morgan fingerprint density at radius 2 is 1.68 bits per heavy atom. The lowest BCUT2D eigenvalue weighted by molar-refractivity contribution is 0.102. The molecule has 0 atom stereocenters. The number of amides is 1. The molecule has 1 fully saturated rings. The predicted octanol–water partition coefficient (Wildman–Crippen LogP) is 6.01. The summed E-state index contributed by atoms with van der Waals surface area (Å²) >= 11 is 13.1. The zero-order chi connectivity index (χ0) is 26.1. The lowest BCUT2D eigenvalue weighted by atomic mass is 9.89. The first kappa shape index (κ1) is 25.3. The molecule has 3 heterocycles. The van der Waals surface area contributed by atoms with Gasteiger partial charge in [0.1, 0.15) is 11.5 Å². The van der Waals surface area contributed by atoms with Gasteiger partial charge in [-0.15, -0.1) is 0 Å². The maximum atomic E-state index is 13.0. The molecule has 0 aliphatic carbocycles. The van der Waals surface area contributed by atoms with Crippen LogP contribution >= 0.6 is 23.2 Å². The minimum atomic E-state index is -0.240. The molecule has 37 heavy (non-hydrogen) atoms. The van der Waals surface area contributed by atoms with E-state index in [1.54, 1.807) is 18.2 Å². The Morgan fingerprint density at radius 3 is 2.30 bits per heavy atom. The van der Waals surface area contributed by atoms with E-state index >= 15 is 0 Å². The number of nitrogens with one attached hydrogen (secondary N) is 2. The van der Waals surface area contributed by atoms with Crippen LogP contribution in [0.5, 0.6) is 11.5 Å². The van der Waals surface area contributed by atoms with Gasteiger partial charge in [0.05, 0.1) is 35.3 Å². The second-order valence-corrected chi connectivity index (χ2v) is 9.86. The number of H-pyrrole nitrogens is 1. The molecule has 0 radical (unpaired) electrons. The van der Waals surface area contributed by atoms with Crippen molar-refractivity contribution in [1.29, 1.82) is 0 Å². The number of methoxy groups -OCH3 is 2. The van der Waals surface area contributed by atoms with Crippen LogP contribution in [0.15, 0.2) is 42.5 Å². The summed E-state index contributed by atoms with van der Waals surface area (Å²) in [5.74, 6) is 1.52. The van der Waals surface area contributed by atoms with Gasteiger partial charge in [0.15, 0.2) is 11.5 Å². The summed E-state index contributed by atoms with van der Waals surface area (Å²) in [7, 11) is 5.18. The van der Waals surface area contributed by atoms with Crippen molar-refractivity contribution in [3.05, 3.63) is 63.6 Å². The second kappa shape index (κ2) is 10.6. The average molecular weight is 540 g/mol. The Labute approximate surface area is 224 Å². The molecule has 10 heteroatoms. The van der Waals surface area contributed by atoms with E-state index in [4.69, 9.17) is 32.7 Å². The molecule has 8 nitrogen and oxygen atoms in total. The molecule has 1 aliphatic rings. The highest BCUT2D eigenvalue weighted by atomic mass is 35.5. The van der Waals surface area contributed by atoms with Crippen LogP contribution in [0.4, 0.5) is 5.82 Å². The smallest absolute Gasteiger partial charge is 0.256 e. The molecule has 0 unspecified atom stereocenters. The lowest BCUT2D eigenvalue weighted by Crippen LogP contribution is -2.29. The van der Waals surface area contributed by atoms with Crippen LogP contribution in [0.3, 0.4) is 0 Å². The Hall–Kier alpha value is -3.33. The van der Waals surface area contributed by atoms with Crippen LogP contribution in [0.2, 0.25) is 10.0 Å². The Morgan fingerprint density at radius 1 is 1.03 bits per heavy atom. The van der Waals surface area contributed by atoms with E-state index in [1.165, 1.54) is 19.8 Å². The van der Waals surface area contributed by atoms with E-state index in [0.717, 1.165) is 25.9 Å². The molecular formula is C27H27Cl2N5O3. The van der Waals surface area contributed by atoms with Crippen molar-refractivity contribution in [3.63, 3.8) is 0 Å². The maximum absolute atomic E-state index is 13.0. The van der Waals surface area contributed by atoms with Gasteiger partial charge in [0.25, 0.3) is 5.91 Å². The fraction of sp³-hybridized carbons (Fsp3) is 0.296. The number of likely N-dealkylation sites (tertiary alicyclic amines) is 1. The number of carbonyl (C=O) groups is 1. The van der Waals surface area contributed by atoms with E-state index in [9.17, 15) is 4.79 Å². The maximum Gasteiger partial charge on any atom is 0.256 e. The number of benzene rings is 2. The van der Waals surface area contributed by atoms with Crippen LogP contribution in [0.1, 0.15) is 34.7 Å². The van der Waals surface area contributed by atoms with Gasteiger partial charge in [-0.2, -0.15) is 5.10 Å². The van der Waals surface area contributed by atoms with Crippen molar-refractivity contribution in [2.24, 2.45) is 0 Å². The molecule has 2 aromatic carbocycles. The van der Waals surface area contributed by atoms with Crippen LogP contribution in [-0.2, 0) is 0 Å². The highest BCUT2D eigenvalue weighted by Crippen LogP contribution is 2.45. The molecule has 192 valence electrons. The summed E-state index contributed by atoms with van der Waals surface area (Å²) < 4.78 is 10.7. The van der Waals surface area contributed by atoms with Gasteiger partial charge in [-0.05, 0) is 68.7 Å². The number of aromatic nitrogens is 3. The number of carbonyl (C=O) groups excluding carboxylic acids is 1. The van der Waals surface area contributed by atoms with Gasteiger partial charge in [0.2, 0.25) is 0 Å². The number of hydrogen-bond donors (Lipinski definition) is 2. The summed E-state index contributed by atoms with van der Waals surface area (Å²) in [4.78, 5) is 19.9. The first-order chi connectivity index (χ1) is 17.9. The highest BCUT2D eigenvalue weighted by Gasteiger charge is 2.22. The molecule has 0 spiro atoms. The topological polar surface area (TPSA) is 92.4 Å². The molecule has 0 bridgehead atoms. The lowest BCUT2D eigenvalue weighted by Gasteiger charge is -2.29. The second-order valence-electron chi connectivity index (χ2n) is 9.10. The number of fused-ring (bicyclic) bond motifs is 1.